The average Bonchev–Trinajstić information content (AvgIpc) is 2.69. The molecule has 0 amide bonds. The fraction of sp³-hybridized carbons (Fsp3) is 0.462. The maximum atomic E-state index is 11.0. The van der Waals surface area contributed by atoms with Gasteiger partial charge in [0.05, 0.1) is 11.5 Å². The number of hydrogen-bond acceptors (Lipinski definition) is 3. The second-order valence-corrected chi connectivity index (χ2v) is 4.97. The van der Waals surface area contributed by atoms with Gasteiger partial charge in [0.15, 0.2) is 0 Å². The van der Waals surface area contributed by atoms with Gasteiger partial charge in [0, 0.05) is 12.1 Å². The van der Waals surface area contributed by atoms with E-state index < -0.39 is 11.4 Å². The number of para-hydroxylation sites is 1. The second kappa shape index (κ2) is 4.37. The number of carboxylic acids is 1. The van der Waals surface area contributed by atoms with E-state index in [1.54, 1.807) is 13.8 Å². The molecule has 0 bridgehead atoms. The van der Waals surface area contributed by atoms with Crippen LogP contribution in [0.1, 0.15) is 25.5 Å². The van der Waals surface area contributed by atoms with E-state index in [2.05, 4.69) is 5.32 Å². The Hall–Kier alpha value is -1.55. The number of benzene rings is 1. The summed E-state index contributed by atoms with van der Waals surface area (Å²) >= 11 is 0. The predicted molar refractivity (Wildman–Crippen MR) is 64.1 cm³/mol. The Bertz CT molecular complexity index is 428. The van der Waals surface area contributed by atoms with Crippen molar-refractivity contribution in [2.24, 2.45) is 5.41 Å². The van der Waals surface area contributed by atoms with Crippen LogP contribution >= 0.6 is 0 Å². The van der Waals surface area contributed by atoms with Crippen LogP contribution in [0.25, 0.3) is 0 Å². The zero-order chi connectivity index (χ0) is 12.5. The molecule has 2 N–H and O–H groups in total. The molecule has 0 spiro atoms. The standard InChI is InChI=1S/C13H17NO3/c1-13(2,12(15)16)8-14-10-7-17-11-6-4-3-5-9(10)11/h3-6,10,14H,7-8H2,1-2H3,(H,15,16). The molecule has 4 nitrogen and oxygen atoms in total. The zero-order valence-electron chi connectivity index (χ0n) is 10.1. The summed E-state index contributed by atoms with van der Waals surface area (Å²) in [4.78, 5) is 11.0. The summed E-state index contributed by atoms with van der Waals surface area (Å²) in [5.74, 6) is 0.0929. The Kier molecular flexibility index (Phi) is 3.07. The fourth-order valence-electron chi connectivity index (χ4n) is 1.79. The highest BCUT2D eigenvalue weighted by molar-refractivity contribution is 5.73. The van der Waals surface area contributed by atoms with Crippen LogP contribution in [0, 0.1) is 5.41 Å². The van der Waals surface area contributed by atoms with Gasteiger partial charge in [-0.3, -0.25) is 4.79 Å². The minimum Gasteiger partial charge on any atom is -0.491 e. The number of ether oxygens (including phenoxy) is 1. The minimum absolute atomic E-state index is 0.0878. The van der Waals surface area contributed by atoms with Crippen LogP contribution in [0.3, 0.4) is 0 Å². The number of nitrogens with one attached hydrogen (secondary N) is 1. The van der Waals surface area contributed by atoms with E-state index in [1.165, 1.54) is 0 Å². The number of carboxylic acid groups (broad SMARTS) is 1. The smallest absolute Gasteiger partial charge is 0.310 e. The molecule has 1 aromatic carbocycles. The predicted octanol–water partition coefficient (Wildman–Crippen LogP) is 1.82. The average molecular weight is 235 g/mol. The lowest BCUT2D eigenvalue weighted by Gasteiger charge is -2.22. The monoisotopic (exact) mass is 235 g/mol. The van der Waals surface area contributed by atoms with Crippen LogP contribution in [0.2, 0.25) is 0 Å². The minimum atomic E-state index is -0.794. The van der Waals surface area contributed by atoms with Crippen LogP contribution < -0.4 is 10.1 Å². The van der Waals surface area contributed by atoms with Crippen molar-refractivity contribution in [1.29, 1.82) is 0 Å². The topological polar surface area (TPSA) is 58.6 Å². The molecule has 1 heterocycles. The molecule has 0 radical (unpaired) electrons. The number of rotatable bonds is 4. The van der Waals surface area contributed by atoms with Gasteiger partial charge in [0.1, 0.15) is 12.4 Å². The van der Waals surface area contributed by atoms with Crippen molar-refractivity contribution in [2.75, 3.05) is 13.2 Å². The fourth-order valence-corrected chi connectivity index (χ4v) is 1.79. The van der Waals surface area contributed by atoms with Crippen molar-refractivity contribution in [2.45, 2.75) is 19.9 Å². The first-order valence-electron chi connectivity index (χ1n) is 5.69. The molecular weight excluding hydrogens is 218 g/mol. The van der Waals surface area contributed by atoms with Gasteiger partial charge in [-0.2, -0.15) is 0 Å². The highest BCUT2D eigenvalue weighted by Gasteiger charge is 2.30. The Morgan fingerprint density at radius 2 is 2.24 bits per heavy atom. The molecule has 0 fully saturated rings. The molecule has 2 rings (SSSR count). The van der Waals surface area contributed by atoms with Gasteiger partial charge in [-0.05, 0) is 19.9 Å². The summed E-state index contributed by atoms with van der Waals surface area (Å²) < 4.78 is 5.53. The molecule has 1 aliphatic rings. The summed E-state index contributed by atoms with van der Waals surface area (Å²) in [6.45, 7) is 4.41. The van der Waals surface area contributed by atoms with Crippen molar-refractivity contribution in [3.05, 3.63) is 29.8 Å². The molecule has 1 atom stereocenters. The third kappa shape index (κ3) is 2.42. The lowest BCUT2D eigenvalue weighted by atomic mass is 9.93. The Balaban J connectivity index is 2.01. The second-order valence-electron chi connectivity index (χ2n) is 4.97. The Morgan fingerprint density at radius 3 is 2.94 bits per heavy atom. The van der Waals surface area contributed by atoms with Crippen molar-refractivity contribution in [3.63, 3.8) is 0 Å². The van der Waals surface area contributed by atoms with Crippen LogP contribution in [-0.4, -0.2) is 24.2 Å². The SMILES string of the molecule is CC(C)(CNC1COc2ccccc21)C(=O)O. The zero-order valence-corrected chi connectivity index (χ0v) is 10.1. The van der Waals surface area contributed by atoms with E-state index in [9.17, 15) is 4.79 Å². The van der Waals surface area contributed by atoms with E-state index in [4.69, 9.17) is 9.84 Å². The van der Waals surface area contributed by atoms with Gasteiger partial charge < -0.3 is 15.2 Å². The first-order chi connectivity index (χ1) is 8.00. The third-order valence-electron chi connectivity index (χ3n) is 3.07. The van der Waals surface area contributed by atoms with Gasteiger partial charge in [-0.15, -0.1) is 0 Å². The first kappa shape index (κ1) is 11.9. The summed E-state index contributed by atoms with van der Waals surface area (Å²) in [5.41, 5.74) is 0.339. The van der Waals surface area contributed by atoms with Gasteiger partial charge in [-0.1, -0.05) is 18.2 Å². The highest BCUT2D eigenvalue weighted by Crippen LogP contribution is 2.32. The van der Waals surface area contributed by atoms with Gasteiger partial charge >= 0.3 is 5.97 Å². The molecule has 1 unspecified atom stereocenters. The maximum absolute atomic E-state index is 11.0. The normalized spacial score (nSPS) is 18.6. The van der Waals surface area contributed by atoms with Crippen molar-refractivity contribution in [1.82, 2.24) is 5.32 Å². The molecule has 17 heavy (non-hydrogen) atoms. The molecule has 0 aliphatic carbocycles. The molecule has 4 heteroatoms. The molecule has 0 aromatic heterocycles. The van der Waals surface area contributed by atoms with Crippen molar-refractivity contribution < 1.29 is 14.6 Å². The number of hydrogen-bond donors (Lipinski definition) is 2. The number of aliphatic carboxylic acids is 1. The largest absolute Gasteiger partial charge is 0.491 e. The van der Waals surface area contributed by atoms with Crippen molar-refractivity contribution >= 4 is 5.97 Å². The van der Waals surface area contributed by atoms with Gasteiger partial charge in [0.2, 0.25) is 0 Å². The van der Waals surface area contributed by atoms with Gasteiger partial charge in [0.25, 0.3) is 0 Å². The quantitative estimate of drug-likeness (QED) is 0.835. The van der Waals surface area contributed by atoms with E-state index in [0.29, 0.717) is 13.2 Å². The molecular formula is C13H17NO3. The highest BCUT2D eigenvalue weighted by atomic mass is 16.5. The summed E-state index contributed by atoms with van der Waals surface area (Å²) in [6, 6.07) is 7.92. The molecule has 0 saturated carbocycles. The van der Waals surface area contributed by atoms with Crippen LogP contribution in [0.15, 0.2) is 24.3 Å². The number of carbonyl (C=O) groups is 1. The summed E-state index contributed by atoms with van der Waals surface area (Å²) in [5, 5.41) is 12.3. The number of fused-ring (bicyclic) bond motifs is 1. The van der Waals surface area contributed by atoms with E-state index >= 15 is 0 Å². The Labute approximate surface area is 101 Å². The molecule has 0 saturated heterocycles. The van der Waals surface area contributed by atoms with Crippen LogP contribution in [0.5, 0.6) is 5.75 Å². The first-order valence-corrected chi connectivity index (χ1v) is 5.69. The van der Waals surface area contributed by atoms with Crippen LogP contribution in [-0.2, 0) is 4.79 Å². The van der Waals surface area contributed by atoms with Crippen molar-refractivity contribution in [3.8, 4) is 5.75 Å². The summed E-state index contributed by atoms with van der Waals surface area (Å²) in [6.07, 6.45) is 0. The van der Waals surface area contributed by atoms with E-state index in [-0.39, 0.29) is 6.04 Å². The van der Waals surface area contributed by atoms with E-state index in [1.807, 2.05) is 24.3 Å². The molecule has 1 aromatic rings. The molecule has 1 aliphatic heterocycles. The van der Waals surface area contributed by atoms with Gasteiger partial charge in [-0.25, -0.2) is 0 Å². The lowest BCUT2D eigenvalue weighted by Crippen LogP contribution is -2.38. The third-order valence-corrected chi connectivity index (χ3v) is 3.07. The summed E-state index contributed by atoms with van der Waals surface area (Å²) in [7, 11) is 0. The maximum Gasteiger partial charge on any atom is 0.310 e. The Morgan fingerprint density at radius 1 is 1.53 bits per heavy atom. The van der Waals surface area contributed by atoms with Crippen LogP contribution in [0.4, 0.5) is 0 Å². The van der Waals surface area contributed by atoms with E-state index in [0.717, 1.165) is 11.3 Å². The molecule has 92 valence electrons. The lowest BCUT2D eigenvalue weighted by molar-refractivity contribution is -0.146.